The minimum Gasteiger partial charge on any atom is -0.335 e. The molecule has 0 saturated carbocycles. The normalized spacial score (nSPS) is 27.7. The molecule has 1 saturated heterocycles. The van der Waals surface area contributed by atoms with Crippen LogP contribution in [-0.4, -0.2) is 43.6 Å². The van der Waals surface area contributed by atoms with Crippen molar-refractivity contribution in [2.75, 3.05) is 12.3 Å². The Kier molecular flexibility index (Phi) is 6.96. The molecule has 2 rings (SSSR count). The van der Waals surface area contributed by atoms with Crippen LogP contribution >= 0.6 is 23.5 Å². The van der Waals surface area contributed by atoms with Crippen LogP contribution in [-0.2, 0) is 13.0 Å². The van der Waals surface area contributed by atoms with E-state index in [-0.39, 0.29) is 0 Å². The number of hydrogen-bond donors (Lipinski definition) is 1. The molecule has 1 aromatic heterocycles. The molecule has 4 atom stereocenters. The lowest BCUT2D eigenvalue weighted by Crippen LogP contribution is -2.45. The average molecular weight is 328 g/mol. The molecule has 0 bridgehead atoms. The zero-order valence-electron chi connectivity index (χ0n) is 13.7. The summed E-state index contributed by atoms with van der Waals surface area (Å²) in [5.41, 5.74) is 0. The summed E-state index contributed by atoms with van der Waals surface area (Å²) < 4.78 is 2.32. The SMILES string of the molecule is CCCn1ccnc1CC(NCC)C1CSC(C)C(C)S1. The maximum absolute atomic E-state index is 4.59. The number of thioether (sulfide) groups is 2. The summed E-state index contributed by atoms with van der Waals surface area (Å²) in [6.45, 7) is 11.3. The lowest BCUT2D eigenvalue weighted by Gasteiger charge is -2.36. The first kappa shape index (κ1) is 17.2. The van der Waals surface area contributed by atoms with Gasteiger partial charge in [-0.2, -0.15) is 23.5 Å². The molecule has 1 fully saturated rings. The van der Waals surface area contributed by atoms with E-state index in [0.29, 0.717) is 11.3 Å². The van der Waals surface area contributed by atoms with Gasteiger partial charge in [0.1, 0.15) is 5.82 Å². The van der Waals surface area contributed by atoms with Crippen LogP contribution in [0.2, 0.25) is 0 Å². The first-order valence-electron chi connectivity index (χ1n) is 8.16. The van der Waals surface area contributed by atoms with Crippen LogP contribution in [0.3, 0.4) is 0 Å². The zero-order chi connectivity index (χ0) is 15.2. The summed E-state index contributed by atoms with van der Waals surface area (Å²) in [4.78, 5) is 4.59. The van der Waals surface area contributed by atoms with E-state index in [4.69, 9.17) is 0 Å². The average Bonchev–Trinajstić information content (AvgIpc) is 2.89. The number of imidazole rings is 1. The Hall–Kier alpha value is -0.130. The first-order chi connectivity index (χ1) is 10.2. The summed E-state index contributed by atoms with van der Waals surface area (Å²) in [6.07, 6.45) is 6.27. The third-order valence-corrected chi connectivity index (χ3v) is 7.71. The van der Waals surface area contributed by atoms with Gasteiger partial charge in [0, 0.05) is 52.9 Å². The van der Waals surface area contributed by atoms with Crippen molar-refractivity contribution >= 4 is 23.5 Å². The second kappa shape index (κ2) is 8.49. The molecule has 5 heteroatoms. The fourth-order valence-corrected chi connectivity index (χ4v) is 5.92. The Morgan fingerprint density at radius 2 is 2.19 bits per heavy atom. The molecule has 2 heterocycles. The van der Waals surface area contributed by atoms with Crippen LogP contribution in [0.15, 0.2) is 12.4 Å². The molecule has 1 N–H and O–H groups in total. The molecular formula is C16H29N3S2. The molecule has 120 valence electrons. The number of aromatic nitrogens is 2. The van der Waals surface area contributed by atoms with Crippen molar-refractivity contribution < 1.29 is 0 Å². The number of likely N-dealkylation sites (N-methyl/N-ethyl adjacent to an activating group) is 1. The van der Waals surface area contributed by atoms with Gasteiger partial charge in [0.15, 0.2) is 0 Å². The lowest BCUT2D eigenvalue weighted by molar-refractivity contribution is 0.494. The van der Waals surface area contributed by atoms with Crippen LogP contribution in [0.5, 0.6) is 0 Å². The number of rotatable bonds is 7. The van der Waals surface area contributed by atoms with E-state index in [2.05, 4.69) is 72.3 Å². The Labute approximate surface area is 138 Å². The largest absolute Gasteiger partial charge is 0.335 e. The molecule has 1 aromatic rings. The fraction of sp³-hybridized carbons (Fsp3) is 0.812. The standard InChI is InChI=1S/C16H29N3S2/c1-5-8-19-9-7-18-16(19)10-14(17-6-2)15-11-20-12(3)13(4)21-15/h7,9,12-15,17H,5-6,8,10-11H2,1-4H3. The van der Waals surface area contributed by atoms with E-state index >= 15 is 0 Å². The van der Waals surface area contributed by atoms with Crippen LogP contribution in [0.25, 0.3) is 0 Å². The highest BCUT2D eigenvalue weighted by Gasteiger charge is 2.31. The second-order valence-corrected chi connectivity index (χ2v) is 8.85. The van der Waals surface area contributed by atoms with Gasteiger partial charge in [0.25, 0.3) is 0 Å². The number of nitrogens with one attached hydrogen (secondary N) is 1. The van der Waals surface area contributed by atoms with Gasteiger partial charge >= 0.3 is 0 Å². The van der Waals surface area contributed by atoms with Gasteiger partial charge in [0.2, 0.25) is 0 Å². The lowest BCUT2D eigenvalue weighted by atomic mass is 10.1. The van der Waals surface area contributed by atoms with Gasteiger partial charge in [-0.15, -0.1) is 0 Å². The fourth-order valence-electron chi connectivity index (χ4n) is 2.79. The van der Waals surface area contributed by atoms with Crippen molar-refractivity contribution in [2.45, 2.75) is 68.9 Å². The highest BCUT2D eigenvalue weighted by molar-refractivity contribution is 8.07. The van der Waals surface area contributed by atoms with E-state index in [1.807, 2.05) is 6.20 Å². The van der Waals surface area contributed by atoms with E-state index in [1.165, 1.54) is 11.6 Å². The molecule has 3 nitrogen and oxygen atoms in total. The number of aryl methyl sites for hydroxylation is 1. The zero-order valence-corrected chi connectivity index (χ0v) is 15.3. The third kappa shape index (κ3) is 4.67. The van der Waals surface area contributed by atoms with E-state index in [0.717, 1.165) is 36.4 Å². The summed E-state index contributed by atoms with van der Waals surface area (Å²) in [5.74, 6) is 2.49. The maximum atomic E-state index is 4.59. The van der Waals surface area contributed by atoms with Gasteiger partial charge in [-0.25, -0.2) is 4.98 Å². The molecule has 0 aliphatic carbocycles. The van der Waals surface area contributed by atoms with Crippen LogP contribution in [0.1, 0.15) is 39.9 Å². The smallest absolute Gasteiger partial charge is 0.110 e. The van der Waals surface area contributed by atoms with Crippen molar-refractivity contribution in [3.05, 3.63) is 18.2 Å². The van der Waals surface area contributed by atoms with Gasteiger partial charge in [0.05, 0.1) is 0 Å². The Balaban J connectivity index is 2.03. The van der Waals surface area contributed by atoms with E-state index in [9.17, 15) is 0 Å². The maximum Gasteiger partial charge on any atom is 0.110 e. The predicted molar refractivity (Wildman–Crippen MR) is 96.4 cm³/mol. The molecular weight excluding hydrogens is 298 g/mol. The Morgan fingerprint density at radius 3 is 2.86 bits per heavy atom. The summed E-state index contributed by atoms with van der Waals surface area (Å²) >= 11 is 4.29. The third-order valence-electron chi connectivity index (χ3n) is 4.16. The summed E-state index contributed by atoms with van der Waals surface area (Å²) in [5, 5.41) is 5.91. The molecule has 1 aliphatic rings. The van der Waals surface area contributed by atoms with Crippen LogP contribution < -0.4 is 5.32 Å². The summed E-state index contributed by atoms with van der Waals surface area (Å²) in [6, 6.07) is 0.528. The van der Waals surface area contributed by atoms with Crippen molar-refractivity contribution in [1.29, 1.82) is 0 Å². The minimum absolute atomic E-state index is 0.528. The monoisotopic (exact) mass is 327 g/mol. The topological polar surface area (TPSA) is 29.9 Å². The Bertz CT molecular complexity index is 421. The highest BCUT2D eigenvalue weighted by Crippen LogP contribution is 2.37. The van der Waals surface area contributed by atoms with Crippen molar-refractivity contribution in [3.8, 4) is 0 Å². The Morgan fingerprint density at radius 1 is 1.38 bits per heavy atom. The molecule has 1 aliphatic heterocycles. The molecule has 0 radical (unpaired) electrons. The van der Waals surface area contributed by atoms with Crippen LogP contribution in [0.4, 0.5) is 0 Å². The molecule has 21 heavy (non-hydrogen) atoms. The molecule has 0 aromatic carbocycles. The van der Waals surface area contributed by atoms with Crippen molar-refractivity contribution in [1.82, 2.24) is 14.9 Å². The summed E-state index contributed by atoms with van der Waals surface area (Å²) in [7, 11) is 0. The predicted octanol–water partition coefficient (Wildman–Crippen LogP) is 3.44. The quantitative estimate of drug-likeness (QED) is 0.831. The van der Waals surface area contributed by atoms with Gasteiger partial charge in [-0.1, -0.05) is 27.7 Å². The number of nitrogens with zero attached hydrogens (tertiary/aromatic N) is 2. The van der Waals surface area contributed by atoms with Gasteiger partial charge in [-0.3, -0.25) is 0 Å². The van der Waals surface area contributed by atoms with Gasteiger partial charge < -0.3 is 9.88 Å². The molecule has 0 amide bonds. The number of hydrogen-bond acceptors (Lipinski definition) is 4. The van der Waals surface area contributed by atoms with Crippen LogP contribution in [0, 0.1) is 0 Å². The van der Waals surface area contributed by atoms with Crippen molar-refractivity contribution in [2.24, 2.45) is 0 Å². The molecule has 4 unspecified atom stereocenters. The van der Waals surface area contributed by atoms with E-state index in [1.54, 1.807) is 0 Å². The first-order valence-corrected chi connectivity index (χ1v) is 10.1. The van der Waals surface area contributed by atoms with E-state index < -0.39 is 0 Å². The van der Waals surface area contributed by atoms with Gasteiger partial charge in [-0.05, 0) is 13.0 Å². The second-order valence-electron chi connectivity index (χ2n) is 5.82. The molecule has 0 spiro atoms. The van der Waals surface area contributed by atoms with Crippen molar-refractivity contribution in [3.63, 3.8) is 0 Å². The highest BCUT2D eigenvalue weighted by atomic mass is 32.2. The minimum atomic E-state index is 0.528.